The van der Waals surface area contributed by atoms with Crippen LogP contribution in [-0.2, 0) is 6.42 Å². The standard InChI is InChI=1S/C22H16ClN3O3S/c1-3-12-4-9-16-15(10-12)19(27)17-18(13-5-7-14(23)8-6-13)26(21(28)20(17)29-16)22-25-24-11(2)30-22/h4-10,18H,3H2,1-2H3. The number of carbonyl (C=O) groups excluding carboxylic acids is 1. The summed E-state index contributed by atoms with van der Waals surface area (Å²) in [4.78, 5) is 28.4. The van der Waals surface area contributed by atoms with Gasteiger partial charge in [0.15, 0.2) is 5.43 Å². The fourth-order valence-corrected chi connectivity index (χ4v) is 4.62. The van der Waals surface area contributed by atoms with Gasteiger partial charge in [0.2, 0.25) is 10.9 Å². The first-order valence-corrected chi connectivity index (χ1v) is 10.7. The lowest BCUT2D eigenvalue weighted by molar-refractivity contribution is 0.0970. The highest BCUT2D eigenvalue weighted by atomic mass is 35.5. The minimum absolute atomic E-state index is 0.0459. The van der Waals surface area contributed by atoms with E-state index in [1.807, 2.05) is 38.1 Å². The van der Waals surface area contributed by atoms with Crippen LogP contribution in [0.3, 0.4) is 0 Å². The van der Waals surface area contributed by atoms with Crippen LogP contribution in [0.5, 0.6) is 0 Å². The fourth-order valence-electron chi connectivity index (χ4n) is 3.78. The van der Waals surface area contributed by atoms with Gasteiger partial charge in [-0.2, -0.15) is 0 Å². The number of aromatic nitrogens is 2. The molecule has 3 heterocycles. The van der Waals surface area contributed by atoms with E-state index in [2.05, 4.69) is 10.2 Å². The van der Waals surface area contributed by atoms with Crippen molar-refractivity contribution in [3.63, 3.8) is 0 Å². The monoisotopic (exact) mass is 437 g/mol. The molecule has 0 saturated heterocycles. The van der Waals surface area contributed by atoms with Crippen molar-refractivity contribution in [2.45, 2.75) is 26.3 Å². The second-order valence-electron chi connectivity index (χ2n) is 7.09. The number of halogens is 1. The molecule has 1 unspecified atom stereocenters. The molecule has 150 valence electrons. The summed E-state index contributed by atoms with van der Waals surface area (Å²) < 4.78 is 5.97. The minimum atomic E-state index is -0.664. The highest BCUT2D eigenvalue weighted by molar-refractivity contribution is 7.15. The molecule has 1 atom stereocenters. The molecule has 0 aliphatic carbocycles. The van der Waals surface area contributed by atoms with Crippen molar-refractivity contribution >= 4 is 44.9 Å². The van der Waals surface area contributed by atoms with E-state index < -0.39 is 11.9 Å². The minimum Gasteiger partial charge on any atom is -0.450 e. The number of hydrogen-bond acceptors (Lipinski definition) is 6. The van der Waals surface area contributed by atoms with Gasteiger partial charge < -0.3 is 4.42 Å². The summed E-state index contributed by atoms with van der Waals surface area (Å²) in [6.45, 7) is 3.84. The number of rotatable bonds is 3. The Balaban J connectivity index is 1.81. The predicted molar refractivity (Wildman–Crippen MR) is 117 cm³/mol. The number of aryl methyl sites for hydroxylation is 2. The van der Waals surface area contributed by atoms with Crippen LogP contribution in [0.25, 0.3) is 11.0 Å². The van der Waals surface area contributed by atoms with Crippen molar-refractivity contribution < 1.29 is 9.21 Å². The highest BCUT2D eigenvalue weighted by Gasteiger charge is 2.45. The number of anilines is 1. The Kier molecular flexibility index (Phi) is 4.45. The number of benzene rings is 2. The SMILES string of the molecule is CCc1ccc2oc3c(c(=O)c2c1)C(c1ccc(Cl)cc1)N(c1nnc(C)s1)C3=O. The van der Waals surface area contributed by atoms with Gasteiger partial charge in [-0.25, -0.2) is 0 Å². The Morgan fingerprint density at radius 3 is 2.57 bits per heavy atom. The Morgan fingerprint density at radius 1 is 1.13 bits per heavy atom. The third-order valence-electron chi connectivity index (χ3n) is 5.25. The molecule has 4 aromatic rings. The van der Waals surface area contributed by atoms with Crippen LogP contribution >= 0.6 is 22.9 Å². The number of nitrogens with zero attached hydrogens (tertiary/aromatic N) is 3. The lowest BCUT2D eigenvalue weighted by Crippen LogP contribution is -2.29. The maximum Gasteiger partial charge on any atom is 0.297 e. The van der Waals surface area contributed by atoms with E-state index >= 15 is 0 Å². The summed E-state index contributed by atoms with van der Waals surface area (Å²) in [5.74, 6) is -0.357. The number of amides is 1. The van der Waals surface area contributed by atoms with E-state index in [4.69, 9.17) is 16.0 Å². The van der Waals surface area contributed by atoms with Crippen molar-refractivity contribution in [3.8, 4) is 0 Å². The largest absolute Gasteiger partial charge is 0.450 e. The third kappa shape index (κ3) is 2.85. The molecule has 0 saturated carbocycles. The Hall–Kier alpha value is -3.03. The molecule has 1 aliphatic heterocycles. The van der Waals surface area contributed by atoms with Crippen molar-refractivity contribution in [2.75, 3.05) is 4.90 Å². The van der Waals surface area contributed by atoms with E-state index in [0.29, 0.717) is 26.7 Å². The lowest BCUT2D eigenvalue weighted by atomic mass is 9.98. The number of fused-ring (bicyclic) bond motifs is 2. The zero-order chi connectivity index (χ0) is 21.0. The topological polar surface area (TPSA) is 76.3 Å². The summed E-state index contributed by atoms with van der Waals surface area (Å²) >= 11 is 7.36. The van der Waals surface area contributed by atoms with Gasteiger partial charge in [-0.3, -0.25) is 14.5 Å². The number of hydrogen-bond donors (Lipinski definition) is 0. The Morgan fingerprint density at radius 2 is 1.90 bits per heavy atom. The first-order valence-electron chi connectivity index (χ1n) is 9.46. The molecule has 1 aliphatic rings. The van der Waals surface area contributed by atoms with Crippen molar-refractivity contribution in [2.24, 2.45) is 0 Å². The zero-order valence-corrected chi connectivity index (χ0v) is 17.8. The second-order valence-corrected chi connectivity index (χ2v) is 8.69. The molecular formula is C22H16ClN3O3S. The van der Waals surface area contributed by atoms with E-state index in [9.17, 15) is 9.59 Å². The van der Waals surface area contributed by atoms with Crippen LogP contribution in [-0.4, -0.2) is 16.1 Å². The highest BCUT2D eigenvalue weighted by Crippen LogP contribution is 2.42. The molecule has 0 N–H and O–H groups in total. The molecule has 0 spiro atoms. The summed E-state index contributed by atoms with van der Waals surface area (Å²) in [7, 11) is 0. The van der Waals surface area contributed by atoms with Gasteiger partial charge in [-0.05, 0) is 48.7 Å². The first kappa shape index (κ1) is 19.0. The third-order valence-corrected chi connectivity index (χ3v) is 6.34. The number of carbonyl (C=O) groups is 1. The average molecular weight is 438 g/mol. The maximum absolute atomic E-state index is 13.6. The second kappa shape index (κ2) is 7.04. The van der Waals surface area contributed by atoms with Gasteiger partial charge in [0, 0.05) is 5.02 Å². The van der Waals surface area contributed by atoms with E-state index in [1.54, 1.807) is 18.2 Å². The Labute approximate surface area is 180 Å². The summed E-state index contributed by atoms with van der Waals surface area (Å²) in [6.07, 6.45) is 0.794. The molecule has 0 radical (unpaired) electrons. The summed E-state index contributed by atoms with van der Waals surface area (Å²) in [5, 5.41) is 10.4. The van der Waals surface area contributed by atoms with E-state index in [1.165, 1.54) is 16.2 Å². The molecule has 0 fully saturated rings. The molecule has 2 aromatic carbocycles. The maximum atomic E-state index is 13.6. The van der Waals surface area contributed by atoms with Gasteiger partial charge in [0.05, 0.1) is 17.0 Å². The summed E-state index contributed by atoms with van der Waals surface area (Å²) in [5.41, 5.74) is 2.28. The molecule has 6 nitrogen and oxygen atoms in total. The molecule has 5 rings (SSSR count). The normalized spacial score (nSPS) is 15.8. The van der Waals surface area contributed by atoms with Crippen LogP contribution < -0.4 is 10.3 Å². The molecular weight excluding hydrogens is 422 g/mol. The Bertz CT molecular complexity index is 1360. The van der Waals surface area contributed by atoms with Crippen molar-refractivity contribution in [3.05, 3.63) is 85.2 Å². The predicted octanol–water partition coefficient (Wildman–Crippen LogP) is 4.92. The molecule has 2 aromatic heterocycles. The van der Waals surface area contributed by atoms with E-state index in [0.717, 1.165) is 22.6 Å². The lowest BCUT2D eigenvalue weighted by Gasteiger charge is -2.22. The van der Waals surface area contributed by atoms with Gasteiger partial charge in [-0.1, -0.05) is 48.1 Å². The van der Waals surface area contributed by atoms with Crippen LogP contribution in [0, 0.1) is 6.92 Å². The quantitative estimate of drug-likeness (QED) is 0.454. The molecule has 30 heavy (non-hydrogen) atoms. The van der Waals surface area contributed by atoms with Gasteiger partial charge in [-0.15, -0.1) is 10.2 Å². The van der Waals surface area contributed by atoms with Gasteiger partial charge >= 0.3 is 0 Å². The smallest absolute Gasteiger partial charge is 0.297 e. The molecule has 8 heteroatoms. The van der Waals surface area contributed by atoms with Crippen LogP contribution in [0.15, 0.2) is 51.7 Å². The summed E-state index contributed by atoms with van der Waals surface area (Å²) in [6, 6.07) is 11.9. The van der Waals surface area contributed by atoms with Gasteiger partial charge in [0.1, 0.15) is 10.6 Å². The van der Waals surface area contributed by atoms with E-state index in [-0.39, 0.29) is 11.2 Å². The fraction of sp³-hybridized carbons (Fsp3) is 0.182. The van der Waals surface area contributed by atoms with Gasteiger partial charge in [0.25, 0.3) is 5.91 Å². The zero-order valence-electron chi connectivity index (χ0n) is 16.2. The first-order chi connectivity index (χ1) is 14.5. The average Bonchev–Trinajstić information content (AvgIpc) is 3.30. The van der Waals surface area contributed by atoms with Crippen LogP contribution in [0.2, 0.25) is 5.02 Å². The molecule has 1 amide bonds. The molecule has 0 bridgehead atoms. The van der Waals surface area contributed by atoms with Crippen LogP contribution in [0.1, 0.15) is 45.2 Å². The van der Waals surface area contributed by atoms with Crippen LogP contribution in [0.4, 0.5) is 5.13 Å². The van der Waals surface area contributed by atoms with Crippen molar-refractivity contribution in [1.29, 1.82) is 0 Å². The van der Waals surface area contributed by atoms with Crippen molar-refractivity contribution in [1.82, 2.24) is 10.2 Å².